The van der Waals surface area contributed by atoms with Gasteiger partial charge in [-0.25, -0.2) is 0 Å². The smallest absolute Gasteiger partial charge is 0.225 e. The number of hydrogen-bond acceptors (Lipinski definition) is 3. The molecule has 1 amide bonds. The third-order valence-electron chi connectivity index (χ3n) is 6.62. The summed E-state index contributed by atoms with van der Waals surface area (Å²) in [6.07, 6.45) is 6.68. The third kappa shape index (κ3) is 4.12. The van der Waals surface area contributed by atoms with Crippen LogP contribution in [0.15, 0.2) is 30.3 Å². The van der Waals surface area contributed by atoms with Gasteiger partial charge in [-0.3, -0.25) is 4.79 Å². The molecule has 0 saturated carbocycles. The number of hydrogen-bond donors (Lipinski definition) is 0. The lowest BCUT2D eigenvalue weighted by atomic mass is 9.79. The highest BCUT2D eigenvalue weighted by molar-refractivity contribution is 5.79. The van der Waals surface area contributed by atoms with Crippen LogP contribution in [-0.4, -0.2) is 61.6 Å². The standard InChI is InChI=1S/C22H32N2O2/c25-21(20-8-15-26-16-9-20)24-14-11-22(18-24)10-4-12-23(17-22)13-7-19-5-2-1-3-6-19/h1-3,5-6,20H,4,7-18H2/t22-/m0/s1. The van der Waals surface area contributed by atoms with E-state index < -0.39 is 0 Å². The van der Waals surface area contributed by atoms with Crippen LogP contribution < -0.4 is 0 Å². The van der Waals surface area contributed by atoms with Crippen molar-refractivity contribution in [1.82, 2.24) is 9.80 Å². The molecule has 0 unspecified atom stereocenters. The van der Waals surface area contributed by atoms with Gasteiger partial charge in [-0.05, 0) is 50.6 Å². The summed E-state index contributed by atoms with van der Waals surface area (Å²) >= 11 is 0. The largest absolute Gasteiger partial charge is 0.381 e. The first-order valence-electron chi connectivity index (χ1n) is 10.4. The summed E-state index contributed by atoms with van der Waals surface area (Å²) in [6.45, 7) is 6.96. The van der Waals surface area contributed by atoms with Crippen LogP contribution >= 0.6 is 0 Å². The predicted octanol–water partition coefficient (Wildman–Crippen LogP) is 2.97. The maximum atomic E-state index is 12.9. The van der Waals surface area contributed by atoms with Gasteiger partial charge in [-0.15, -0.1) is 0 Å². The van der Waals surface area contributed by atoms with Crippen LogP contribution in [0.4, 0.5) is 0 Å². The van der Waals surface area contributed by atoms with Crippen LogP contribution in [0.2, 0.25) is 0 Å². The molecule has 0 aliphatic carbocycles. The van der Waals surface area contributed by atoms with Gasteiger partial charge in [0.15, 0.2) is 0 Å². The summed E-state index contributed by atoms with van der Waals surface area (Å²) in [7, 11) is 0. The van der Waals surface area contributed by atoms with Crippen LogP contribution in [0.25, 0.3) is 0 Å². The summed E-state index contributed by atoms with van der Waals surface area (Å²) in [5.74, 6) is 0.600. The Morgan fingerprint density at radius 1 is 1.08 bits per heavy atom. The second-order valence-corrected chi connectivity index (χ2v) is 8.51. The minimum absolute atomic E-state index is 0.205. The second-order valence-electron chi connectivity index (χ2n) is 8.51. The van der Waals surface area contributed by atoms with Crippen molar-refractivity contribution < 1.29 is 9.53 Å². The van der Waals surface area contributed by atoms with Gasteiger partial charge >= 0.3 is 0 Å². The van der Waals surface area contributed by atoms with E-state index in [1.165, 1.54) is 31.4 Å². The number of rotatable bonds is 4. The average molecular weight is 357 g/mol. The number of likely N-dealkylation sites (tertiary alicyclic amines) is 2. The topological polar surface area (TPSA) is 32.8 Å². The van der Waals surface area contributed by atoms with Crippen molar-refractivity contribution in [2.75, 3.05) is 45.9 Å². The number of carbonyl (C=O) groups excluding carboxylic acids is 1. The van der Waals surface area contributed by atoms with E-state index in [1.807, 2.05) is 0 Å². The van der Waals surface area contributed by atoms with Crippen molar-refractivity contribution in [3.63, 3.8) is 0 Å². The predicted molar refractivity (Wildman–Crippen MR) is 103 cm³/mol. The van der Waals surface area contributed by atoms with E-state index in [9.17, 15) is 4.79 Å². The normalized spacial score (nSPS) is 27.9. The zero-order chi connectivity index (χ0) is 17.8. The minimum atomic E-state index is 0.205. The van der Waals surface area contributed by atoms with Crippen molar-refractivity contribution in [2.45, 2.75) is 38.5 Å². The highest BCUT2D eigenvalue weighted by atomic mass is 16.5. The zero-order valence-electron chi connectivity index (χ0n) is 15.9. The molecule has 1 spiro atoms. The fourth-order valence-electron chi connectivity index (χ4n) is 5.09. The van der Waals surface area contributed by atoms with E-state index in [0.717, 1.165) is 58.7 Å². The molecule has 0 N–H and O–H groups in total. The molecule has 4 nitrogen and oxygen atoms in total. The molecule has 1 aromatic carbocycles. The highest BCUT2D eigenvalue weighted by Crippen LogP contribution is 2.39. The van der Waals surface area contributed by atoms with Gasteiger partial charge in [0.25, 0.3) is 0 Å². The van der Waals surface area contributed by atoms with Crippen molar-refractivity contribution in [3.8, 4) is 0 Å². The molecule has 26 heavy (non-hydrogen) atoms. The fourth-order valence-corrected chi connectivity index (χ4v) is 5.09. The first kappa shape index (κ1) is 18.0. The monoisotopic (exact) mass is 356 g/mol. The van der Waals surface area contributed by atoms with E-state index >= 15 is 0 Å². The Bertz CT molecular complexity index is 599. The lowest BCUT2D eigenvalue weighted by Crippen LogP contribution is -2.46. The minimum Gasteiger partial charge on any atom is -0.381 e. The highest BCUT2D eigenvalue weighted by Gasteiger charge is 2.43. The Hall–Kier alpha value is -1.39. The van der Waals surface area contributed by atoms with Gasteiger partial charge in [-0.1, -0.05) is 30.3 Å². The molecule has 3 saturated heterocycles. The lowest BCUT2D eigenvalue weighted by molar-refractivity contribution is -0.138. The molecule has 3 fully saturated rings. The van der Waals surface area contributed by atoms with Gasteiger partial charge in [-0.2, -0.15) is 0 Å². The number of piperidine rings is 1. The number of nitrogens with zero attached hydrogens (tertiary/aromatic N) is 2. The molecule has 0 radical (unpaired) electrons. The quantitative estimate of drug-likeness (QED) is 0.831. The van der Waals surface area contributed by atoms with Crippen LogP contribution in [0, 0.1) is 11.3 Å². The Kier molecular flexibility index (Phi) is 5.60. The SMILES string of the molecule is O=C(C1CCOCC1)N1CC[C@]2(CCCN(CCc3ccccc3)C2)C1. The van der Waals surface area contributed by atoms with Crippen LogP contribution in [0.1, 0.15) is 37.7 Å². The van der Waals surface area contributed by atoms with Crippen molar-refractivity contribution in [3.05, 3.63) is 35.9 Å². The van der Waals surface area contributed by atoms with Crippen LogP contribution in [0.5, 0.6) is 0 Å². The third-order valence-corrected chi connectivity index (χ3v) is 6.62. The summed E-state index contributed by atoms with van der Waals surface area (Å²) < 4.78 is 5.42. The maximum absolute atomic E-state index is 12.9. The molecule has 142 valence electrons. The molecule has 3 aliphatic heterocycles. The van der Waals surface area contributed by atoms with Gasteiger partial charge in [0.05, 0.1) is 0 Å². The summed E-state index contributed by atoms with van der Waals surface area (Å²) in [4.78, 5) is 17.7. The number of benzene rings is 1. The summed E-state index contributed by atoms with van der Waals surface area (Å²) in [5.41, 5.74) is 1.77. The maximum Gasteiger partial charge on any atom is 0.225 e. The molecule has 0 aromatic heterocycles. The molecule has 0 bridgehead atoms. The van der Waals surface area contributed by atoms with E-state index in [4.69, 9.17) is 4.74 Å². The Labute approximate surface area is 157 Å². The first-order valence-corrected chi connectivity index (χ1v) is 10.4. The summed E-state index contributed by atoms with van der Waals surface area (Å²) in [5, 5.41) is 0. The van der Waals surface area contributed by atoms with E-state index in [1.54, 1.807) is 0 Å². The first-order chi connectivity index (χ1) is 12.7. The molecule has 1 atom stereocenters. The average Bonchev–Trinajstić information content (AvgIpc) is 3.10. The summed E-state index contributed by atoms with van der Waals surface area (Å²) in [6, 6.07) is 10.8. The molecule has 3 heterocycles. The van der Waals surface area contributed by atoms with Gasteiger partial charge in [0.1, 0.15) is 0 Å². The van der Waals surface area contributed by atoms with Crippen molar-refractivity contribution in [1.29, 1.82) is 0 Å². The molecule has 4 heteroatoms. The van der Waals surface area contributed by atoms with Gasteiger partial charge < -0.3 is 14.5 Å². The van der Waals surface area contributed by atoms with Crippen molar-refractivity contribution in [2.24, 2.45) is 11.3 Å². The Morgan fingerprint density at radius 2 is 1.88 bits per heavy atom. The molecular formula is C22H32N2O2. The van der Waals surface area contributed by atoms with Crippen molar-refractivity contribution >= 4 is 5.91 Å². The molecular weight excluding hydrogens is 324 g/mol. The number of amides is 1. The second kappa shape index (κ2) is 8.10. The number of ether oxygens (including phenoxy) is 1. The van der Waals surface area contributed by atoms with E-state index in [-0.39, 0.29) is 5.92 Å². The molecule has 1 aromatic rings. The number of carbonyl (C=O) groups is 1. The van der Waals surface area contributed by atoms with Gasteiger partial charge in [0, 0.05) is 50.7 Å². The fraction of sp³-hybridized carbons (Fsp3) is 0.682. The van der Waals surface area contributed by atoms with Crippen LogP contribution in [0.3, 0.4) is 0 Å². The van der Waals surface area contributed by atoms with Gasteiger partial charge in [0.2, 0.25) is 5.91 Å². The molecule has 3 aliphatic rings. The lowest BCUT2D eigenvalue weighted by Gasteiger charge is -2.40. The zero-order valence-corrected chi connectivity index (χ0v) is 15.9. The van der Waals surface area contributed by atoms with E-state index in [2.05, 4.69) is 40.1 Å². The van der Waals surface area contributed by atoms with E-state index in [0.29, 0.717) is 11.3 Å². The Balaban J connectivity index is 1.31. The van der Waals surface area contributed by atoms with Crippen LogP contribution in [-0.2, 0) is 16.0 Å². The molecule has 4 rings (SSSR count). The Morgan fingerprint density at radius 3 is 2.69 bits per heavy atom.